The molecule has 0 atom stereocenters. The van der Waals surface area contributed by atoms with E-state index in [2.05, 4.69) is 41.1 Å². The lowest BCUT2D eigenvalue weighted by atomic mass is 10.0. The van der Waals surface area contributed by atoms with Crippen LogP contribution in [0.2, 0.25) is 0 Å². The maximum Gasteiger partial charge on any atom is 0.129 e. The zero-order valence-corrected chi connectivity index (χ0v) is 13.8. The summed E-state index contributed by atoms with van der Waals surface area (Å²) in [6.45, 7) is 3.39. The molecule has 2 aromatic carbocycles. The van der Waals surface area contributed by atoms with Crippen molar-refractivity contribution in [2.75, 3.05) is 13.2 Å². The summed E-state index contributed by atoms with van der Waals surface area (Å²) in [6, 6.07) is 19.9. The topological polar surface area (TPSA) is 23.4 Å². The maximum atomic E-state index is 6.04. The first-order valence-electron chi connectivity index (χ1n) is 8.64. The lowest BCUT2D eigenvalue weighted by Crippen LogP contribution is -2.20. The Morgan fingerprint density at radius 1 is 1.04 bits per heavy atom. The van der Waals surface area contributed by atoms with E-state index in [9.17, 15) is 0 Å². The number of nitrogens with zero attached hydrogens (tertiary/aromatic N) is 1. The zero-order valence-electron chi connectivity index (χ0n) is 13.8. The van der Waals surface area contributed by atoms with Gasteiger partial charge in [0.15, 0.2) is 0 Å². The SMILES string of the molecule is [c]1cn(CC2CCOCC2)c2cccc(OCc3ccccc3)c12. The van der Waals surface area contributed by atoms with Crippen molar-refractivity contribution in [1.82, 2.24) is 4.57 Å². The van der Waals surface area contributed by atoms with E-state index in [1.54, 1.807) is 0 Å². The highest BCUT2D eigenvalue weighted by atomic mass is 16.5. The van der Waals surface area contributed by atoms with Crippen molar-refractivity contribution in [3.63, 3.8) is 0 Å². The molecule has 0 unspecified atom stereocenters. The molecular weight excluding hydrogens is 298 g/mol. The minimum Gasteiger partial charge on any atom is -0.488 e. The Balaban J connectivity index is 1.52. The maximum absolute atomic E-state index is 6.04. The van der Waals surface area contributed by atoms with Gasteiger partial charge in [0.1, 0.15) is 12.4 Å². The molecule has 1 saturated heterocycles. The number of rotatable bonds is 5. The first-order chi connectivity index (χ1) is 11.9. The van der Waals surface area contributed by atoms with Gasteiger partial charge in [-0.1, -0.05) is 36.4 Å². The summed E-state index contributed by atoms with van der Waals surface area (Å²) in [6.07, 6.45) is 4.35. The molecule has 0 aliphatic carbocycles. The highest BCUT2D eigenvalue weighted by Gasteiger charge is 2.16. The van der Waals surface area contributed by atoms with Crippen molar-refractivity contribution in [2.24, 2.45) is 5.92 Å². The second kappa shape index (κ2) is 7.10. The third-order valence-corrected chi connectivity index (χ3v) is 4.71. The third kappa shape index (κ3) is 3.31. The minimum atomic E-state index is 0.582. The van der Waals surface area contributed by atoms with Gasteiger partial charge in [0.2, 0.25) is 0 Å². The Hall–Kier alpha value is -2.26. The van der Waals surface area contributed by atoms with Crippen molar-refractivity contribution >= 4 is 10.9 Å². The summed E-state index contributed by atoms with van der Waals surface area (Å²) in [5.41, 5.74) is 2.38. The molecule has 1 fully saturated rings. The van der Waals surface area contributed by atoms with E-state index in [-0.39, 0.29) is 0 Å². The van der Waals surface area contributed by atoms with Crippen LogP contribution >= 0.6 is 0 Å². The van der Waals surface area contributed by atoms with Gasteiger partial charge >= 0.3 is 0 Å². The molecule has 0 amide bonds. The van der Waals surface area contributed by atoms with E-state index in [1.807, 2.05) is 24.3 Å². The second-order valence-electron chi connectivity index (χ2n) is 6.41. The first-order valence-corrected chi connectivity index (χ1v) is 8.64. The van der Waals surface area contributed by atoms with E-state index >= 15 is 0 Å². The molecule has 3 nitrogen and oxygen atoms in total. The molecule has 1 aromatic heterocycles. The van der Waals surface area contributed by atoms with Crippen LogP contribution in [0.1, 0.15) is 18.4 Å². The van der Waals surface area contributed by atoms with Crippen LogP contribution in [0, 0.1) is 12.0 Å². The van der Waals surface area contributed by atoms with Gasteiger partial charge in [-0.3, -0.25) is 0 Å². The van der Waals surface area contributed by atoms with Crippen LogP contribution in [0.25, 0.3) is 10.9 Å². The average Bonchev–Trinajstić information content (AvgIpc) is 3.05. The largest absolute Gasteiger partial charge is 0.488 e. The predicted molar refractivity (Wildman–Crippen MR) is 95.1 cm³/mol. The van der Waals surface area contributed by atoms with Crippen LogP contribution in [-0.4, -0.2) is 17.8 Å². The van der Waals surface area contributed by atoms with E-state index in [0.717, 1.165) is 43.7 Å². The molecule has 0 spiro atoms. The normalized spacial score (nSPS) is 15.7. The molecule has 1 aliphatic rings. The number of aromatic nitrogens is 1. The average molecular weight is 320 g/mol. The van der Waals surface area contributed by atoms with Gasteiger partial charge in [-0.15, -0.1) is 0 Å². The number of benzene rings is 2. The molecule has 1 aliphatic heterocycles. The molecular formula is C21H22NO2. The number of hydrogen-bond donors (Lipinski definition) is 0. The van der Waals surface area contributed by atoms with E-state index in [4.69, 9.17) is 9.47 Å². The van der Waals surface area contributed by atoms with Gasteiger partial charge in [-0.25, -0.2) is 0 Å². The van der Waals surface area contributed by atoms with E-state index < -0.39 is 0 Å². The predicted octanol–water partition coefficient (Wildman–Crippen LogP) is 4.45. The Labute approximate surface area is 142 Å². The fourth-order valence-electron chi connectivity index (χ4n) is 3.33. The van der Waals surface area contributed by atoms with E-state index in [0.29, 0.717) is 12.5 Å². The summed E-state index contributed by atoms with van der Waals surface area (Å²) in [5.74, 6) is 1.60. The van der Waals surface area contributed by atoms with Crippen molar-refractivity contribution in [2.45, 2.75) is 26.0 Å². The van der Waals surface area contributed by atoms with Gasteiger partial charge in [0.25, 0.3) is 0 Å². The van der Waals surface area contributed by atoms with Crippen LogP contribution in [0.15, 0.2) is 54.7 Å². The molecule has 1 radical (unpaired) electrons. The van der Waals surface area contributed by atoms with Crippen LogP contribution in [0.3, 0.4) is 0 Å². The minimum absolute atomic E-state index is 0.582. The molecule has 3 aromatic rings. The summed E-state index contributed by atoms with van der Waals surface area (Å²) >= 11 is 0. The third-order valence-electron chi connectivity index (χ3n) is 4.71. The van der Waals surface area contributed by atoms with Crippen molar-refractivity contribution in [3.05, 3.63) is 66.4 Å². The number of fused-ring (bicyclic) bond motifs is 1. The van der Waals surface area contributed by atoms with Crippen LogP contribution in [0.5, 0.6) is 5.75 Å². The van der Waals surface area contributed by atoms with Crippen LogP contribution < -0.4 is 4.74 Å². The fourth-order valence-corrected chi connectivity index (χ4v) is 3.33. The molecule has 2 heterocycles. The first kappa shape index (κ1) is 15.3. The molecule has 123 valence electrons. The fraction of sp³-hybridized carbons (Fsp3) is 0.333. The molecule has 3 heteroatoms. The van der Waals surface area contributed by atoms with Crippen molar-refractivity contribution in [1.29, 1.82) is 0 Å². The quantitative estimate of drug-likeness (QED) is 0.693. The van der Waals surface area contributed by atoms with Gasteiger partial charge in [0.05, 0.1) is 5.52 Å². The Kier molecular flexibility index (Phi) is 4.52. The van der Waals surface area contributed by atoms with Crippen LogP contribution in [0.4, 0.5) is 0 Å². The second-order valence-corrected chi connectivity index (χ2v) is 6.41. The van der Waals surface area contributed by atoms with Crippen LogP contribution in [-0.2, 0) is 17.9 Å². The monoisotopic (exact) mass is 320 g/mol. The molecule has 24 heavy (non-hydrogen) atoms. The Bertz CT molecular complexity index is 788. The molecule has 0 N–H and O–H groups in total. The summed E-state index contributed by atoms with van der Waals surface area (Å²) in [5, 5.41) is 1.07. The summed E-state index contributed by atoms with van der Waals surface area (Å²) < 4.78 is 13.8. The molecule has 4 rings (SSSR count). The summed E-state index contributed by atoms with van der Waals surface area (Å²) in [4.78, 5) is 0. The van der Waals surface area contributed by atoms with Crippen molar-refractivity contribution in [3.8, 4) is 5.75 Å². The smallest absolute Gasteiger partial charge is 0.129 e. The standard InChI is InChI=1S/C21H22NO2/c1-2-5-18(6-3-1)16-24-21-8-4-7-20-19(21)9-12-22(20)15-17-10-13-23-14-11-17/h1-8,12,17H,10-11,13-16H2. The Morgan fingerprint density at radius 3 is 2.71 bits per heavy atom. The molecule has 0 bridgehead atoms. The number of ether oxygens (including phenoxy) is 2. The highest BCUT2D eigenvalue weighted by molar-refractivity contribution is 5.85. The van der Waals surface area contributed by atoms with Gasteiger partial charge in [-0.2, -0.15) is 0 Å². The Morgan fingerprint density at radius 2 is 1.88 bits per heavy atom. The summed E-state index contributed by atoms with van der Waals surface area (Å²) in [7, 11) is 0. The lowest BCUT2D eigenvalue weighted by molar-refractivity contribution is 0.0616. The highest BCUT2D eigenvalue weighted by Crippen LogP contribution is 2.28. The zero-order chi connectivity index (χ0) is 16.2. The van der Waals surface area contributed by atoms with Crippen molar-refractivity contribution < 1.29 is 9.47 Å². The van der Waals surface area contributed by atoms with Gasteiger partial charge < -0.3 is 14.0 Å². The van der Waals surface area contributed by atoms with Gasteiger partial charge in [0, 0.05) is 37.4 Å². The van der Waals surface area contributed by atoms with Gasteiger partial charge in [-0.05, 0) is 36.5 Å². The number of hydrogen-bond acceptors (Lipinski definition) is 2. The molecule has 0 saturated carbocycles. The lowest BCUT2D eigenvalue weighted by Gasteiger charge is -2.22. The van der Waals surface area contributed by atoms with E-state index in [1.165, 1.54) is 11.1 Å².